The van der Waals surface area contributed by atoms with Crippen molar-refractivity contribution in [1.29, 1.82) is 0 Å². The predicted molar refractivity (Wildman–Crippen MR) is 94.1 cm³/mol. The van der Waals surface area contributed by atoms with Crippen LogP contribution in [0.1, 0.15) is 17.2 Å². The normalized spacial score (nSPS) is 13.8. The summed E-state index contributed by atoms with van der Waals surface area (Å²) in [5, 5.41) is 16.3. The third-order valence-electron chi connectivity index (χ3n) is 3.77. The van der Waals surface area contributed by atoms with Crippen molar-refractivity contribution in [2.24, 2.45) is 0 Å². The van der Waals surface area contributed by atoms with Crippen molar-refractivity contribution in [3.8, 4) is 11.5 Å². The SMILES string of the molecule is O=C(NCc1ccc(Cl)cc1)NC[C@@H](O)c1ccc2c(c1)OCCO2. The molecule has 132 valence electrons. The highest BCUT2D eigenvalue weighted by molar-refractivity contribution is 6.30. The van der Waals surface area contributed by atoms with Gasteiger partial charge in [-0.1, -0.05) is 29.8 Å². The Balaban J connectivity index is 1.47. The Morgan fingerprint density at radius 3 is 2.56 bits per heavy atom. The van der Waals surface area contributed by atoms with Gasteiger partial charge in [-0.05, 0) is 35.4 Å². The topological polar surface area (TPSA) is 79.8 Å². The van der Waals surface area contributed by atoms with Gasteiger partial charge < -0.3 is 25.2 Å². The van der Waals surface area contributed by atoms with Gasteiger partial charge in [0.25, 0.3) is 0 Å². The number of ether oxygens (including phenoxy) is 2. The molecule has 7 heteroatoms. The lowest BCUT2D eigenvalue weighted by atomic mass is 10.1. The van der Waals surface area contributed by atoms with Gasteiger partial charge in [-0.25, -0.2) is 4.79 Å². The molecule has 0 bridgehead atoms. The summed E-state index contributed by atoms with van der Waals surface area (Å²) in [6.45, 7) is 1.47. The van der Waals surface area contributed by atoms with E-state index in [1.54, 1.807) is 30.3 Å². The fourth-order valence-electron chi connectivity index (χ4n) is 2.42. The van der Waals surface area contributed by atoms with Gasteiger partial charge in [0.1, 0.15) is 13.2 Å². The number of amides is 2. The first kappa shape index (κ1) is 17.4. The van der Waals surface area contributed by atoms with E-state index in [0.717, 1.165) is 5.56 Å². The molecule has 25 heavy (non-hydrogen) atoms. The van der Waals surface area contributed by atoms with E-state index in [4.69, 9.17) is 21.1 Å². The van der Waals surface area contributed by atoms with Crippen LogP contribution in [0.3, 0.4) is 0 Å². The number of urea groups is 1. The number of hydrogen-bond donors (Lipinski definition) is 3. The summed E-state index contributed by atoms with van der Waals surface area (Å²) in [7, 11) is 0. The average molecular weight is 363 g/mol. The Morgan fingerprint density at radius 1 is 1.08 bits per heavy atom. The number of aliphatic hydroxyl groups excluding tert-OH is 1. The van der Waals surface area contributed by atoms with Crippen LogP contribution in [0.15, 0.2) is 42.5 Å². The largest absolute Gasteiger partial charge is 0.486 e. The van der Waals surface area contributed by atoms with E-state index in [-0.39, 0.29) is 12.6 Å². The molecule has 0 radical (unpaired) electrons. The molecule has 1 heterocycles. The highest BCUT2D eigenvalue weighted by atomic mass is 35.5. The van der Waals surface area contributed by atoms with Gasteiger partial charge in [0.15, 0.2) is 11.5 Å². The summed E-state index contributed by atoms with van der Waals surface area (Å²) in [5.74, 6) is 1.27. The van der Waals surface area contributed by atoms with Crippen molar-refractivity contribution < 1.29 is 19.4 Å². The van der Waals surface area contributed by atoms with Crippen LogP contribution in [0.4, 0.5) is 4.79 Å². The molecule has 0 fully saturated rings. The fraction of sp³-hybridized carbons (Fsp3) is 0.278. The highest BCUT2D eigenvalue weighted by Crippen LogP contribution is 2.32. The van der Waals surface area contributed by atoms with E-state index in [2.05, 4.69) is 10.6 Å². The van der Waals surface area contributed by atoms with Crippen LogP contribution in [0.25, 0.3) is 0 Å². The van der Waals surface area contributed by atoms with Crippen LogP contribution in [-0.4, -0.2) is 30.9 Å². The Hall–Kier alpha value is -2.44. The molecular formula is C18H19ClN2O4. The van der Waals surface area contributed by atoms with Gasteiger partial charge in [-0.2, -0.15) is 0 Å². The summed E-state index contributed by atoms with van der Waals surface area (Å²) < 4.78 is 10.9. The van der Waals surface area contributed by atoms with Crippen molar-refractivity contribution in [3.63, 3.8) is 0 Å². The lowest BCUT2D eigenvalue weighted by molar-refractivity contribution is 0.163. The fourth-order valence-corrected chi connectivity index (χ4v) is 2.55. The first-order chi connectivity index (χ1) is 12.1. The number of hydrogen-bond acceptors (Lipinski definition) is 4. The van der Waals surface area contributed by atoms with Gasteiger partial charge in [0.2, 0.25) is 0 Å². The molecular weight excluding hydrogens is 344 g/mol. The lowest BCUT2D eigenvalue weighted by Crippen LogP contribution is -2.37. The average Bonchev–Trinajstić information content (AvgIpc) is 2.65. The molecule has 1 aliphatic heterocycles. The van der Waals surface area contributed by atoms with Gasteiger partial charge in [-0.3, -0.25) is 0 Å². The predicted octanol–water partition coefficient (Wildman–Crippen LogP) is 2.64. The molecule has 0 saturated carbocycles. The van der Waals surface area contributed by atoms with Crippen LogP contribution in [0.5, 0.6) is 11.5 Å². The van der Waals surface area contributed by atoms with Crippen LogP contribution in [0.2, 0.25) is 5.02 Å². The third kappa shape index (κ3) is 4.78. The summed E-state index contributed by atoms with van der Waals surface area (Å²) in [6.07, 6.45) is -0.836. The monoisotopic (exact) mass is 362 g/mol. The van der Waals surface area contributed by atoms with Crippen molar-refractivity contribution in [2.75, 3.05) is 19.8 Å². The van der Waals surface area contributed by atoms with Gasteiger partial charge in [0.05, 0.1) is 6.10 Å². The molecule has 0 aromatic heterocycles. The second-order valence-corrected chi connectivity index (χ2v) is 6.05. The number of carbonyl (C=O) groups is 1. The molecule has 2 aromatic rings. The second kappa shape index (κ2) is 8.09. The van der Waals surface area contributed by atoms with Crippen LogP contribution < -0.4 is 20.1 Å². The Morgan fingerprint density at radius 2 is 1.80 bits per heavy atom. The minimum absolute atomic E-state index is 0.0894. The van der Waals surface area contributed by atoms with Gasteiger partial charge in [0, 0.05) is 18.1 Å². The molecule has 2 amide bonds. The lowest BCUT2D eigenvalue weighted by Gasteiger charge is -2.20. The van der Waals surface area contributed by atoms with Gasteiger partial charge in [-0.15, -0.1) is 0 Å². The van der Waals surface area contributed by atoms with Gasteiger partial charge >= 0.3 is 6.03 Å². The summed E-state index contributed by atoms with van der Waals surface area (Å²) in [6, 6.07) is 12.1. The molecule has 0 aliphatic carbocycles. The molecule has 6 nitrogen and oxygen atoms in total. The van der Waals surface area contributed by atoms with Crippen molar-refractivity contribution in [1.82, 2.24) is 10.6 Å². The van der Waals surface area contributed by atoms with Crippen LogP contribution in [0, 0.1) is 0 Å². The van der Waals surface area contributed by atoms with E-state index in [0.29, 0.717) is 41.8 Å². The second-order valence-electron chi connectivity index (χ2n) is 5.61. The third-order valence-corrected chi connectivity index (χ3v) is 4.03. The zero-order valence-electron chi connectivity index (χ0n) is 13.5. The van der Waals surface area contributed by atoms with E-state index >= 15 is 0 Å². The smallest absolute Gasteiger partial charge is 0.315 e. The quantitative estimate of drug-likeness (QED) is 0.764. The maximum atomic E-state index is 11.8. The summed E-state index contributed by atoms with van der Waals surface area (Å²) in [5.41, 5.74) is 1.59. The summed E-state index contributed by atoms with van der Waals surface area (Å²) >= 11 is 5.82. The van der Waals surface area contributed by atoms with E-state index in [1.807, 2.05) is 12.1 Å². The van der Waals surface area contributed by atoms with E-state index < -0.39 is 6.10 Å². The number of nitrogens with one attached hydrogen (secondary N) is 2. The Kier molecular flexibility index (Phi) is 5.63. The molecule has 0 spiro atoms. The zero-order chi connectivity index (χ0) is 17.6. The Bertz CT molecular complexity index is 736. The molecule has 0 saturated heterocycles. The van der Waals surface area contributed by atoms with Crippen molar-refractivity contribution >= 4 is 17.6 Å². The maximum Gasteiger partial charge on any atom is 0.315 e. The number of halogens is 1. The van der Waals surface area contributed by atoms with E-state index in [9.17, 15) is 9.90 Å². The number of aliphatic hydroxyl groups is 1. The number of benzene rings is 2. The minimum atomic E-state index is -0.836. The standard InChI is InChI=1S/C18H19ClN2O4/c19-14-4-1-12(2-5-14)10-20-18(23)21-11-15(22)13-3-6-16-17(9-13)25-8-7-24-16/h1-6,9,15,22H,7-8,10-11H2,(H2,20,21,23)/t15-/m1/s1. The van der Waals surface area contributed by atoms with Crippen molar-refractivity contribution in [3.05, 3.63) is 58.6 Å². The van der Waals surface area contributed by atoms with Crippen molar-refractivity contribution in [2.45, 2.75) is 12.6 Å². The number of fused-ring (bicyclic) bond motifs is 1. The van der Waals surface area contributed by atoms with E-state index in [1.165, 1.54) is 0 Å². The number of rotatable bonds is 5. The molecule has 3 N–H and O–H groups in total. The molecule has 0 unspecified atom stereocenters. The van der Waals surface area contributed by atoms with Crippen LogP contribution in [-0.2, 0) is 6.54 Å². The molecule has 1 aliphatic rings. The Labute approximate surface area is 150 Å². The van der Waals surface area contributed by atoms with Crippen LogP contribution >= 0.6 is 11.6 Å². The highest BCUT2D eigenvalue weighted by Gasteiger charge is 2.16. The first-order valence-electron chi connectivity index (χ1n) is 7.95. The molecule has 1 atom stereocenters. The molecule has 2 aromatic carbocycles. The minimum Gasteiger partial charge on any atom is -0.486 e. The first-order valence-corrected chi connectivity index (χ1v) is 8.33. The zero-order valence-corrected chi connectivity index (χ0v) is 14.3. The summed E-state index contributed by atoms with van der Waals surface area (Å²) in [4.78, 5) is 11.8. The number of carbonyl (C=O) groups excluding carboxylic acids is 1. The maximum absolute atomic E-state index is 11.8. The molecule has 3 rings (SSSR count).